The van der Waals surface area contributed by atoms with E-state index in [9.17, 15) is 14.0 Å². The highest BCUT2D eigenvalue weighted by atomic mass is 35.5. The van der Waals surface area contributed by atoms with Gasteiger partial charge >= 0.3 is 6.03 Å². The van der Waals surface area contributed by atoms with Crippen LogP contribution in [0.2, 0.25) is 5.02 Å². The Hall–Kier alpha value is -4.21. The highest BCUT2D eigenvalue weighted by molar-refractivity contribution is 6.31. The van der Waals surface area contributed by atoms with E-state index in [-0.39, 0.29) is 30.8 Å². The third-order valence-electron chi connectivity index (χ3n) is 7.82. The zero-order valence-electron chi connectivity index (χ0n) is 22.7. The summed E-state index contributed by atoms with van der Waals surface area (Å²) in [4.78, 5) is 32.4. The van der Waals surface area contributed by atoms with Crippen LogP contribution in [-0.4, -0.2) is 32.9 Å². The highest BCUT2D eigenvalue weighted by Crippen LogP contribution is 2.37. The molecule has 3 heterocycles. The molecule has 3 aromatic carbocycles. The first-order valence-electron chi connectivity index (χ1n) is 13.4. The molecule has 2 aliphatic heterocycles. The number of aromatic nitrogens is 2. The molecule has 4 aromatic rings. The number of amides is 3. The summed E-state index contributed by atoms with van der Waals surface area (Å²) in [6, 6.07) is 18.6. The topological polar surface area (TPSA) is 79.7 Å². The summed E-state index contributed by atoms with van der Waals surface area (Å²) < 4.78 is 21.7. The van der Waals surface area contributed by atoms with Crippen molar-refractivity contribution in [3.63, 3.8) is 0 Å². The van der Waals surface area contributed by atoms with Gasteiger partial charge in [-0.3, -0.25) is 19.9 Å². The number of anilines is 1. The maximum Gasteiger partial charge on any atom is 0.329 e. The van der Waals surface area contributed by atoms with Gasteiger partial charge in [0.25, 0.3) is 0 Å². The molecule has 10 heteroatoms. The molecule has 0 aliphatic carbocycles. The summed E-state index contributed by atoms with van der Waals surface area (Å²) in [5.41, 5.74) is 4.97. The molecule has 1 fully saturated rings. The van der Waals surface area contributed by atoms with E-state index in [1.807, 2.05) is 35.9 Å². The highest BCUT2D eigenvalue weighted by Gasteiger charge is 2.29. The summed E-state index contributed by atoms with van der Waals surface area (Å²) in [6.07, 6.45) is 1.93. The fourth-order valence-corrected chi connectivity index (χ4v) is 5.71. The Bertz CT molecular complexity index is 1620. The lowest BCUT2D eigenvalue weighted by Gasteiger charge is -2.26. The van der Waals surface area contributed by atoms with E-state index in [1.54, 1.807) is 23.2 Å². The smallest absolute Gasteiger partial charge is 0.329 e. The Morgan fingerprint density at radius 1 is 1.12 bits per heavy atom. The number of imidazole rings is 1. The van der Waals surface area contributed by atoms with Gasteiger partial charge in [0.1, 0.15) is 29.8 Å². The molecular weight excluding hydrogens is 545 g/mol. The van der Waals surface area contributed by atoms with Crippen LogP contribution < -0.4 is 15.0 Å². The molecule has 0 bridgehead atoms. The van der Waals surface area contributed by atoms with Crippen molar-refractivity contribution in [1.82, 2.24) is 19.8 Å². The molecule has 0 radical (unpaired) electrons. The fourth-order valence-electron chi connectivity index (χ4n) is 5.49. The predicted octanol–water partition coefficient (Wildman–Crippen LogP) is 5.98. The number of fused-ring (bicyclic) bond motifs is 1. The minimum absolute atomic E-state index is 0.0635. The number of ether oxygens (including phenoxy) is 1. The fraction of sp³-hybridized carbons (Fsp3) is 0.258. The van der Waals surface area contributed by atoms with E-state index in [2.05, 4.69) is 40.3 Å². The Morgan fingerprint density at radius 3 is 2.68 bits per heavy atom. The van der Waals surface area contributed by atoms with Crippen LogP contribution in [0.15, 0.2) is 66.9 Å². The van der Waals surface area contributed by atoms with Crippen LogP contribution in [0, 0.1) is 5.82 Å². The minimum Gasteiger partial charge on any atom is -0.489 e. The second-order valence-corrected chi connectivity index (χ2v) is 10.8. The molecule has 0 saturated carbocycles. The van der Waals surface area contributed by atoms with Crippen LogP contribution in [0.25, 0.3) is 11.4 Å². The molecule has 8 nitrogen and oxygen atoms in total. The first-order valence-corrected chi connectivity index (χ1v) is 13.8. The monoisotopic (exact) mass is 573 g/mol. The number of carbonyl (C=O) groups is 2. The van der Waals surface area contributed by atoms with E-state index < -0.39 is 6.03 Å². The van der Waals surface area contributed by atoms with Gasteiger partial charge in [0.2, 0.25) is 5.91 Å². The third kappa shape index (κ3) is 5.30. The molecular formula is C31H29ClFN5O3. The number of carbonyl (C=O) groups excluding carboxylic acids is 2. The zero-order valence-corrected chi connectivity index (χ0v) is 23.5. The van der Waals surface area contributed by atoms with Crippen molar-refractivity contribution >= 4 is 29.4 Å². The first kappa shape index (κ1) is 27.0. The van der Waals surface area contributed by atoms with Crippen molar-refractivity contribution in [1.29, 1.82) is 0 Å². The largest absolute Gasteiger partial charge is 0.489 e. The number of benzene rings is 3. The molecule has 6 rings (SSSR count). The van der Waals surface area contributed by atoms with E-state index in [4.69, 9.17) is 16.3 Å². The molecule has 41 heavy (non-hydrogen) atoms. The summed E-state index contributed by atoms with van der Waals surface area (Å²) in [5.74, 6) is 1.41. The lowest BCUT2D eigenvalue weighted by atomic mass is 10.0. The van der Waals surface area contributed by atoms with Crippen molar-refractivity contribution in [2.45, 2.75) is 39.1 Å². The second kappa shape index (κ2) is 11.0. The Kier molecular flexibility index (Phi) is 7.23. The maximum atomic E-state index is 14.0. The Morgan fingerprint density at radius 2 is 1.93 bits per heavy atom. The van der Waals surface area contributed by atoms with E-state index >= 15 is 0 Å². The van der Waals surface area contributed by atoms with Gasteiger partial charge in [0, 0.05) is 50.3 Å². The van der Waals surface area contributed by atoms with Crippen molar-refractivity contribution in [3.8, 4) is 17.1 Å². The van der Waals surface area contributed by atoms with Crippen molar-refractivity contribution in [2.75, 3.05) is 11.4 Å². The number of nitrogens with one attached hydrogen (secondary N) is 1. The number of imide groups is 1. The summed E-state index contributed by atoms with van der Waals surface area (Å²) in [6.45, 7) is 4.15. The molecule has 210 valence electrons. The van der Waals surface area contributed by atoms with Gasteiger partial charge in [0.05, 0.1) is 11.2 Å². The Balaban J connectivity index is 1.12. The van der Waals surface area contributed by atoms with Crippen LogP contribution in [0.4, 0.5) is 15.0 Å². The molecule has 1 N–H and O–H groups in total. The number of rotatable bonds is 7. The second-order valence-electron chi connectivity index (χ2n) is 10.4. The van der Waals surface area contributed by atoms with Gasteiger partial charge in [-0.25, -0.2) is 14.2 Å². The SMILES string of the molecule is C[C@@H]1c2ccc(-c3ncc(N4CCC(=O)NC4=O)n3C)cc2CN1Cc1ccc(OCc2c(F)cccc2Cl)cc1. The van der Waals surface area contributed by atoms with Crippen molar-refractivity contribution in [2.24, 2.45) is 7.05 Å². The van der Waals surface area contributed by atoms with Gasteiger partial charge in [-0.15, -0.1) is 0 Å². The summed E-state index contributed by atoms with van der Waals surface area (Å²) in [5, 5.41) is 2.71. The lowest BCUT2D eigenvalue weighted by molar-refractivity contribution is -0.120. The van der Waals surface area contributed by atoms with Crippen LogP contribution in [0.1, 0.15) is 41.6 Å². The zero-order chi connectivity index (χ0) is 28.7. The summed E-state index contributed by atoms with van der Waals surface area (Å²) >= 11 is 6.11. The number of nitrogens with zero attached hydrogens (tertiary/aromatic N) is 4. The van der Waals surface area contributed by atoms with Gasteiger partial charge < -0.3 is 9.30 Å². The molecule has 0 unspecified atom stereocenters. The van der Waals surface area contributed by atoms with E-state index in [0.717, 1.165) is 30.0 Å². The number of hydrogen-bond acceptors (Lipinski definition) is 5. The first-order chi connectivity index (χ1) is 19.8. The van der Waals surface area contributed by atoms with Crippen LogP contribution in [0.5, 0.6) is 5.75 Å². The molecule has 1 atom stereocenters. The van der Waals surface area contributed by atoms with E-state index in [1.165, 1.54) is 17.2 Å². The van der Waals surface area contributed by atoms with Crippen molar-refractivity contribution in [3.05, 3.63) is 100.0 Å². The maximum absolute atomic E-state index is 14.0. The van der Waals surface area contributed by atoms with Gasteiger partial charge in [0.15, 0.2) is 0 Å². The van der Waals surface area contributed by atoms with Crippen molar-refractivity contribution < 1.29 is 18.7 Å². The average Bonchev–Trinajstić information content (AvgIpc) is 3.48. The quantitative estimate of drug-likeness (QED) is 0.294. The molecule has 3 amide bonds. The third-order valence-corrected chi connectivity index (χ3v) is 8.17. The van der Waals surface area contributed by atoms with Crippen LogP contribution in [0.3, 0.4) is 0 Å². The van der Waals surface area contributed by atoms with Gasteiger partial charge in [-0.2, -0.15) is 0 Å². The standard InChI is InChI=1S/C31H29ClFN5O3/c1-19-24-11-8-21(30-34-15-29(36(30)2)38-13-12-28(39)35-31(38)40)14-22(24)17-37(19)16-20-6-9-23(10-7-20)41-18-25-26(32)4-3-5-27(25)33/h3-11,14-15,19H,12-13,16-18H2,1-2H3,(H,35,39,40)/t19-/m1/s1. The molecule has 0 spiro atoms. The summed E-state index contributed by atoms with van der Waals surface area (Å²) in [7, 11) is 1.88. The van der Waals surface area contributed by atoms with E-state index in [0.29, 0.717) is 28.7 Å². The van der Waals surface area contributed by atoms with Gasteiger partial charge in [-0.05, 0) is 53.9 Å². The lowest BCUT2D eigenvalue weighted by Crippen LogP contribution is -2.50. The molecule has 1 saturated heterocycles. The van der Waals surface area contributed by atoms with Crippen LogP contribution in [-0.2, 0) is 31.5 Å². The number of halogens is 2. The number of hydrogen-bond donors (Lipinski definition) is 1. The average molecular weight is 574 g/mol. The Labute approximate surface area is 242 Å². The van der Waals surface area contributed by atoms with Gasteiger partial charge in [-0.1, -0.05) is 41.9 Å². The normalized spacial score (nSPS) is 17.1. The molecule has 1 aromatic heterocycles. The van der Waals surface area contributed by atoms with Crippen LogP contribution >= 0.6 is 11.6 Å². The molecule has 2 aliphatic rings. The predicted molar refractivity (Wildman–Crippen MR) is 154 cm³/mol. The number of urea groups is 1. The minimum atomic E-state index is -0.427.